The molecule has 0 aliphatic rings. The maximum absolute atomic E-state index is 6.03. The molecule has 3 nitrogen and oxygen atoms in total. The summed E-state index contributed by atoms with van der Waals surface area (Å²) < 4.78 is 2.16. The molecule has 5 heteroatoms. The topological polar surface area (TPSA) is 30.7 Å². The average Bonchev–Trinajstić information content (AvgIpc) is 2.80. The smallest absolute Gasteiger partial charge is 0.160 e. The second kappa shape index (κ2) is 7.28. The fraction of sp³-hybridized carbons (Fsp3) is 0.600. The van der Waals surface area contributed by atoms with Crippen LogP contribution in [0.25, 0.3) is 11.2 Å². The third-order valence-electron chi connectivity index (χ3n) is 3.73. The molecule has 110 valence electrons. The lowest BCUT2D eigenvalue weighted by molar-refractivity contribution is 0.390. The molecule has 2 aromatic rings. The first kappa shape index (κ1) is 15.6. The average molecular weight is 314 g/mol. The Balaban J connectivity index is 2.31. The Bertz CT molecular complexity index is 565. The van der Waals surface area contributed by atoms with Crippen LogP contribution >= 0.6 is 23.2 Å². The van der Waals surface area contributed by atoms with E-state index >= 15 is 0 Å². The lowest BCUT2D eigenvalue weighted by atomic mass is 9.99. The van der Waals surface area contributed by atoms with Crippen molar-refractivity contribution >= 4 is 34.4 Å². The van der Waals surface area contributed by atoms with Crippen molar-refractivity contribution in [3.63, 3.8) is 0 Å². The van der Waals surface area contributed by atoms with Crippen molar-refractivity contribution in [2.24, 2.45) is 5.92 Å². The molecule has 0 spiro atoms. The zero-order valence-electron chi connectivity index (χ0n) is 12.1. The molecule has 0 aromatic carbocycles. The van der Waals surface area contributed by atoms with Crippen molar-refractivity contribution in [1.82, 2.24) is 14.5 Å². The fourth-order valence-electron chi connectivity index (χ4n) is 2.50. The van der Waals surface area contributed by atoms with E-state index in [2.05, 4.69) is 28.4 Å². The van der Waals surface area contributed by atoms with E-state index in [1.807, 2.05) is 6.07 Å². The number of aromatic nitrogens is 3. The van der Waals surface area contributed by atoms with Gasteiger partial charge in [0.05, 0.1) is 10.9 Å². The van der Waals surface area contributed by atoms with Crippen LogP contribution < -0.4 is 0 Å². The van der Waals surface area contributed by atoms with E-state index < -0.39 is 0 Å². The van der Waals surface area contributed by atoms with Gasteiger partial charge in [-0.3, -0.25) is 0 Å². The molecule has 0 saturated carbocycles. The number of alkyl halides is 1. The second-order valence-electron chi connectivity index (χ2n) is 5.19. The Morgan fingerprint density at radius 1 is 1.35 bits per heavy atom. The van der Waals surface area contributed by atoms with Crippen LogP contribution in [0.5, 0.6) is 0 Å². The van der Waals surface area contributed by atoms with Crippen molar-refractivity contribution in [3.8, 4) is 0 Å². The van der Waals surface area contributed by atoms with Crippen LogP contribution in [0.3, 0.4) is 0 Å². The Hall–Kier alpha value is -0.800. The Morgan fingerprint density at radius 2 is 2.15 bits per heavy atom. The first-order chi connectivity index (χ1) is 9.69. The highest BCUT2D eigenvalue weighted by molar-refractivity contribution is 6.31. The largest absolute Gasteiger partial charge is 0.311 e. The molecule has 0 radical (unpaired) electrons. The number of hydrogen-bond acceptors (Lipinski definition) is 2. The van der Waals surface area contributed by atoms with E-state index in [4.69, 9.17) is 23.2 Å². The van der Waals surface area contributed by atoms with E-state index in [1.165, 1.54) is 19.3 Å². The van der Waals surface area contributed by atoms with Gasteiger partial charge < -0.3 is 4.57 Å². The minimum Gasteiger partial charge on any atom is -0.311 e. The molecule has 0 aliphatic heterocycles. The Labute approximate surface area is 130 Å². The Morgan fingerprint density at radius 3 is 2.80 bits per heavy atom. The zero-order valence-corrected chi connectivity index (χ0v) is 13.6. The molecule has 1 unspecified atom stereocenters. The number of nitrogens with zero attached hydrogens (tertiary/aromatic N) is 3. The van der Waals surface area contributed by atoms with Gasteiger partial charge in [-0.05, 0) is 18.4 Å². The van der Waals surface area contributed by atoms with Crippen LogP contribution in [0.15, 0.2) is 12.3 Å². The number of unbranched alkanes of at least 4 members (excludes halogenated alkanes) is 1. The van der Waals surface area contributed by atoms with Crippen molar-refractivity contribution in [2.75, 3.05) is 0 Å². The standard InChI is InChI=1S/C15H21Cl2N3/c1-3-5-6-11(4-2)10-20-14(8-16)19-13-7-12(17)9-18-15(13)20/h7,9,11H,3-6,8,10H2,1-2H3. The molecule has 1 atom stereocenters. The van der Waals surface area contributed by atoms with Crippen molar-refractivity contribution in [2.45, 2.75) is 52.0 Å². The van der Waals surface area contributed by atoms with Crippen LogP contribution in [-0.2, 0) is 12.4 Å². The highest BCUT2D eigenvalue weighted by Crippen LogP contribution is 2.23. The third-order valence-corrected chi connectivity index (χ3v) is 4.18. The second-order valence-corrected chi connectivity index (χ2v) is 5.89. The summed E-state index contributed by atoms with van der Waals surface area (Å²) in [6.07, 6.45) is 6.57. The summed E-state index contributed by atoms with van der Waals surface area (Å²) in [5.74, 6) is 1.93. The highest BCUT2D eigenvalue weighted by atomic mass is 35.5. The van der Waals surface area contributed by atoms with Crippen molar-refractivity contribution in [1.29, 1.82) is 0 Å². The summed E-state index contributed by atoms with van der Waals surface area (Å²) in [4.78, 5) is 8.97. The summed E-state index contributed by atoms with van der Waals surface area (Å²) in [6.45, 7) is 5.40. The predicted octanol–water partition coefficient (Wildman–Crippen LogP) is 5.04. The van der Waals surface area contributed by atoms with Gasteiger partial charge >= 0.3 is 0 Å². The molecule has 0 saturated heterocycles. The molecule has 2 heterocycles. The predicted molar refractivity (Wildman–Crippen MR) is 85.4 cm³/mol. The number of pyridine rings is 1. The minimum atomic E-state index is 0.401. The SMILES string of the molecule is CCCCC(CC)Cn1c(CCl)nc2cc(Cl)cnc21. The van der Waals surface area contributed by atoms with Gasteiger partial charge in [-0.1, -0.05) is 44.7 Å². The maximum Gasteiger partial charge on any atom is 0.160 e. The van der Waals surface area contributed by atoms with Gasteiger partial charge in [0.1, 0.15) is 11.3 Å². The minimum absolute atomic E-state index is 0.401. The Kier molecular flexibility index (Phi) is 5.67. The van der Waals surface area contributed by atoms with Crippen molar-refractivity contribution in [3.05, 3.63) is 23.1 Å². The van der Waals surface area contributed by atoms with Crippen LogP contribution in [0.2, 0.25) is 5.02 Å². The first-order valence-corrected chi connectivity index (χ1v) is 8.17. The molecule has 20 heavy (non-hydrogen) atoms. The molecule has 0 bridgehead atoms. The van der Waals surface area contributed by atoms with Crippen LogP contribution in [-0.4, -0.2) is 14.5 Å². The van der Waals surface area contributed by atoms with Gasteiger partial charge in [-0.2, -0.15) is 0 Å². The van der Waals surface area contributed by atoms with E-state index in [0.29, 0.717) is 16.8 Å². The van der Waals surface area contributed by atoms with Gasteiger partial charge in [0.25, 0.3) is 0 Å². The first-order valence-electron chi connectivity index (χ1n) is 7.26. The molecule has 2 rings (SSSR count). The van der Waals surface area contributed by atoms with Gasteiger partial charge in [0.15, 0.2) is 5.65 Å². The molecular weight excluding hydrogens is 293 g/mol. The normalized spacial score (nSPS) is 13.0. The molecule has 0 aliphatic carbocycles. The monoisotopic (exact) mass is 313 g/mol. The van der Waals surface area contributed by atoms with E-state index in [0.717, 1.165) is 30.0 Å². The number of imidazole rings is 1. The number of halogens is 2. The maximum atomic E-state index is 6.03. The van der Waals surface area contributed by atoms with Crippen LogP contribution in [0.1, 0.15) is 45.4 Å². The van der Waals surface area contributed by atoms with Crippen LogP contribution in [0.4, 0.5) is 0 Å². The van der Waals surface area contributed by atoms with Crippen LogP contribution in [0, 0.1) is 5.92 Å². The third kappa shape index (κ3) is 3.44. The summed E-state index contributed by atoms with van der Waals surface area (Å²) >= 11 is 12.0. The zero-order chi connectivity index (χ0) is 14.5. The summed E-state index contributed by atoms with van der Waals surface area (Å²) in [5, 5.41) is 0.612. The van der Waals surface area contributed by atoms with Crippen molar-refractivity contribution < 1.29 is 0 Å². The fourth-order valence-corrected chi connectivity index (χ4v) is 2.86. The highest BCUT2D eigenvalue weighted by Gasteiger charge is 2.15. The number of fused-ring (bicyclic) bond motifs is 1. The molecule has 0 amide bonds. The van der Waals surface area contributed by atoms with Gasteiger partial charge in [-0.25, -0.2) is 9.97 Å². The lowest BCUT2D eigenvalue weighted by Crippen LogP contribution is -2.12. The molecule has 2 aromatic heterocycles. The summed E-state index contributed by atoms with van der Waals surface area (Å²) in [6, 6.07) is 1.85. The molecule has 0 fully saturated rings. The van der Waals surface area contributed by atoms with Gasteiger partial charge in [-0.15, -0.1) is 11.6 Å². The quantitative estimate of drug-likeness (QED) is 0.670. The van der Waals surface area contributed by atoms with E-state index in [1.54, 1.807) is 6.20 Å². The molecule has 0 N–H and O–H groups in total. The number of hydrogen-bond donors (Lipinski definition) is 0. The van der Waals surface area contributed by atoms with E-state index in [-0.39, 0.29) is 0 Å². The summed E-state index contributed by atoms with van der Waals surface area (Å²) in [7, 11) is 0. The summed E-state index contributed by atoms with van der Waals surface area (Å²) in [5.41, 5.74) is 1.72. The van der Waals surface area contributed by atoms with E-state index in [9.17, 15) is 0 Å². The van der Waals surface area contributed by atoms with Gasteiger partial charge in [0.2, 0.25) is 0 Å². The van der Waals surface area contributed by atoms with Gasteiger partial charge in [0, 0.05) is 12.7 Å². The number of rotatable bonds is 7. The molecular formula is C15H21Cl2N3. The lowest BCUT2D eigenvalue weighted by Gasteiger charge is -2.16.